The molecule has 0 saturated heterocycles. The molecule has 0 aromatic carbocycles. The summed E-state index contributed by atoms with van der Waals surface area (Å²) in [6.07, 6.45) is 4.74. The first kappa shape index (κ1) is 11.3. The second-order valence-electron chi connectivity index (χ2n) is 3.61. The number of hydrogen-bond acceptors (Lipinski definition) is 6. The molecule has 6 nitrogen and oxygen atoms in total. The Labute approximate surface area is 99.0 Å². The molecule has 0 aliphatic rings. The van der Waals surface area contributed by atoms with Gasteiger partial charge in [-0.25, -0.2) is 4.98 Å². The van der Waals surface area contributed by atoms with Crippen molar-refractivity contribution in [1.29, 1.82) is 0 Å². The van der Waals surface area contributed by atoms with Crippen LogP contribution in [0.25, 0.3) is 0 Å². The monoisotopic (exact) mass is 234 g/mol. The number of hydrogen-bond donors (Lipinski definition) is 1. The minimum Gasteiger partial charge on any atom is -0.479 e. The van der Waals surface area contributed by atoms with Gasteiger partial charge in [0.25, 0.3) is 0 Å². The van der Waals surface area contributed by atoms with Crippen molar-refractivity contribution in [3.8, 4) is 5.88 Å². The predicted molar refractivity (Wildman–Crippen MR) is 63.8 cm³/mol. The Morgan fingerprint density at radius 1 is 1.47 bits per heavy atom. The van der Waals surface area contributed by atoms with Gasteiger partial charge in [-0.3, -0.25) is 0 Å². The number of methoxy groups -OCH3 is 1. The maximum Gasteiger partial charge on any atom is 0.242 e. The summed E-state index contributed by atoms with van der Waals surface area (Å²) >= 11 is 0. The molecule has 2 heterocycles. The van der Waals surface area contributed by atoms with Crippen LogP contribution in [0.5, 0.6) is 5.88 Å². The lowest BCUT2D eigenvalue weighted by Gasteiger charge is -2.19. The van der Waals surface area contributed by atoms with Gasteiger partial charge in [-0.1, -0.05) is 0 Å². The van der Waals surface area contributed by atoms with Crippen molar-refractivity contribution in [2.75, 3.05) is 24.8 Å². The highest BCUT2D eigenvalue weighted by atomic mass is 16.5. The normalized spacial score (nSPS) is 10.2. The Balaban J connectivity index is 2.22. The van der Waals surface area contributed by atoms with E-state index in [0.717, 1.165) is 5.56 Å². The summed E-state index contributed by atoms with van der Waals surface area (Å²) in [4.78, 5) is 9.99. The van der Waals surface area contributed by atoms with E-state index < -0.39 is 0 Å². The van der Waals surface area contributed by atoms with Crippen molar-refractivity contribution >= 4 is 11.5 Å². The molecule has 0 aliphatic heterocycles. The average Bonchev–Trinajstić information content (AvgIpc) is 2.82. The highest BCUT2D eigenvalue weighted by Gasteiger charge is 2.12. The van der Waals surface area contributed by atoms with Gasteiger partial charge in [-0.05, 0) is 6.07 Å². The highest BCUT2D eigenvalue weighted by molar-refractivity contribution is 5.67. The number of rotatable bonds is 4. The van der Waals surface area contributed by atoms with Crippen LogP contribution in [0.1, 0.15) is 5.56 Å². The molecule has 0 aliphatic carbocycles. The third-order valence-electron chi connectivity index (χ3n) is 2.38. The lowest BCUT2D eigenvalue weighted by Crippen LogP contribution is -2.19. The van der Waals surface area contributed by atoms with E-state index >= 15 is 0 Å². The number of nitrogens with two attached hydrogens (primary N) is 1. The topological polar surface area (TPSA) is 77.4 Å². The molecule has 6 heteroatoms. The van der Waals surface area contributed by atoms with Crippen molar-refractivity contribution in [2.45, 2.75) is 6.54 Å². The van der Waals surface area contributed by atoms with Crippen molar-refractivity contribution in [1.82, 2.24) is 9.97 Å². The van der Waals surface area contributed by atoms with Gasteiger partial charge in [-0.2, -0.15) is 4.98 Å². The molecule has 0 radical (unpaired) electrons. The smallest absolute Gasteiger partial charge is 0.242 e. The zero-order valence-corrected chi connectivity index (χ0v) is 9.75. The van der Waals surface area contributed by atoms with E-state index in [1.54, 1.807) is 12.5 Å². The molecule has 2 aromatic heterocycles. The zero-order valence-electron chi connectivity index (χ0n) is 9.75. The highest BCUT2D eigenvalue weighted by Crippen LogP contribution is 2.27. The SMILES string of the molecule is COc1ncnc(N(C)Cc2ccoc2)c1N. The second kappa shape index (κ2) is 4.73. The lowest BCUT2D eigenvalue weighted by molar-refractivity contribution is 0.399. The van der Waals surface area contributed by atoms with Crippen LogP contribution in [-0.2, 0) is 6.54 Å². The van der Waals surface area contributed by atoms with Gasteiger partial charge >= 0.3 is 0 Å². The third-order valence-corrected chi connectivity index (χ3v) is 2.38. The van der Waals surface area contributed by atoms with Gasteiger partial charge in [0.2, 0.25) is 5.88 Å². The molecule has 90 valence electrons. The van der Waals surface area contributed by atoms with E-state index in [0.29, 0.717) is 23.9 Å². The number of nitrogens with zero attached hydrogens (tertiary/aromatic N) is 3. The van der Waals surface area contributed by atoms with Gasteiger partial charge in [0, 0.05) is 19.2 Å². The Bertz CT molecular complexity index is 484. The Hall–Kier alpha value is -2.24. The zero-order chi connectivity index (χ0) is 12.3. The molecular weight excluding hydrogens is 220 g/mol. The summed E-state index contributed by atoms with van der Waals surface area (Å²) in [5.74, 6) is 1.02. The predicted octanol–water partition coefficient (Wildman–Crippen LogP) is 1.30. The molecular formula is C11H14N4O2. The summed E-state index contributed by atoms with van der Waals surface area (Å²) in [5, 5.41) is 0. The van der Waals surface area contributed by atoms with E-state index in [4.69, 9.17) is 14.9 Å². The van der Waals surface area contributed by atoms with Crippen molar-refractivity contribution in [3.05, 3.63) is 30.5 Å². The minimum atomic E-state index is 0.383. The molecule has 2 aromatic rings. The van der Waals surface area contributed by atoms with Crippen molar-refractivity contribution < 1.29 is 9.15 Å². The van der Waals surface area contributed by atoms with Gasteiger partial charge in [0.1, 0.15) is 12.0 Å². The standard InChI is InChI=1S/C11H14N4O2/c1-15(5-8-3-4-17-6-8)10-9(12)11(16-2)14-7-13-10/h3-4,6-7H,5,12H2,1-2H3. The number of furan rings is 1. The van der Waals surface area contributed by atoms with Crippen molar-refractivity contribution in [3.63, 3.8) is 0 Å². The third kappa shape index (κ3) is 2.30. The molecule has 2 rings (SSSR count). The van der Waals surface area contributed by atoms with Gasteiger partial charge in [-0.15, -0.1) is 0 Å². The molecule has 0 spiro atoms. The van der Waals surface area contributed by atoms with Crippen LogP contribution in [0, 0.1) is 0 Å². The Kier molecular flexibility index (Phi) is 3.13. The Morgan fingerprint density at radius 3 is 2.94 bits per heavy atom. The number of aromatic nitrogens is 2. The van der Waals surface area contributed by atoms with E-state index in [-0.39, 0.29) is 0 Å². The quantitative estimate of drug-likeness (QED) is 0.859. The lowest BCUT2D eigenvalue weighted by atomic mass is 10.3. The van der Waals surface area contributed by atoms with E-state index in [9.17, 15) is 0 Å². The summed E-state index contributed by atoms with van der Waals surface area (Å²) in [6.45, 7) is 0.654. The first-order chi connectivity index (χ1) is 8.22. The molecule has 17 heavy (non-hydrogen) atoms. The van der Waals surface area contributed by atoms with Crippen LogP contribution in [0.2, 0.25) is 0 Å². The summed E-state index contributed by atoms with van der Waals surface area (Å²) in [5.41, 5.74) is 7.39. The van der Waals surface area contributed by atoms with Gasteiger partial charge < -0.3 is 19.8 Å². The first-order valence-electron chi connectivity index (χ1n) is 5.09. The number of anilines is 2. The van der Waals surface area contributed by atoms with Crippen LogP contribution in [0.3, 0.4) is 0 Å². The van der Waals surface area contributed by atoms with E-state index in [2.05, 4.69) is 9.97 Å². The van der Waals surface area contributed by atoms with Crippen LogP contribution in [-0.4, -0.2) is 24.1 Å². The summed E-state index contributed by atoms with van der Waals surface area (Å²) in [7, 11) is 3.42. The molecule has 0 saturated carbocycles. The molecule has 2 N–H and O–H groups in total. The van der Waals surface area contributed by atoms with Gasteiger partial charge in [0.15, 0.2) is 5.82 Å². The molecule has 0 bridgehead atoms. The van der Waals surface area contributed by atoms with Crippen LogP contribution in [0.4, 0.5) is 11.5 Å². The second-order valence-corrected chi connectivity index (χ2v) is 3.61. The largest absolute Gasteiger partial charge is 0.479 e. The first-order valence-corrected chi connectivity index (χ1v) is 5.09. The average molecular weight is 234 g/mol. The number of nitrogen functional groups attached to an aromatic ring is 1. The van der Waals surface area contributed by atoms with Crippen LogP contribution in [0.15, 0.2) is 29.3 Å². The fourth-order valence-electron chi connectivity index (χ4n) is 1.57. The molecule has 0 fully saturated rings. The number of ether oxygens (including phenoxy) is 1. The molecule has 0 unspecified atom stereocenters. The van der Waals surface area contributed by atoms with Crippen LogP contribution < -0.4 is 15.4 Å². The fraction of sp³-hybridized carbons (Fsp3) is 0.273. The molecule has 0 atom stereocenters. The fourth-order valence-corrected chi connectivity index (χ4v) is 1.57. The van der Waals surface area contributed by atoms with Crippen molar-refractivity contribution in [2.24, 2.45) is 0 Å². The summed E-state index contributed by atoms with van der Waals surface area (Å²) < 4.78 is 10.1. The minimum absolute atomic E-state index is 0.383. The summed E-state index contributed by atoms with van der Waals surface area (Å²) in [6, 6.07) is 1.89. The maximum absolute atomic E-state index is 5.91. The maximum atomic E-state index is 5.91. The van der Waals surface area contributed by atoms with Gasteiger partial charge in [0.05, 0.1) is 19.6 Å². The van der Waals surface area contributed by atoms with Crippen LogP contribution >= 0.6 is 0 Å². The Morgan fingerprint density at radius 2 is 2.29 bits per heavy atom. The van der Waals surface area contributed by atoms with E-state index in [1.165, 1.54) is 13.4 Å². The van der Waals surface area contributed by atoms with E-state index in [1.807, 2.05) is 18.0 Å². The molecule has 0 amide bonds.